The standard InChI is InChI=1S/C10H18N2/c1-2-4-10(5-3-1)12-8-6-11-7-9-12/h2,4,10-11H,1,3,5-9H2. The lowest BCUT2D eigenvalue weighted by Gasteiger charge is -2.34. The minimum atomic E-state index is 0.751. The molecule has 2 heteroatoms. The third-order valence-corrected chi connectivity index (χ3v) is 2.85. The maximum Gasteiger partial charge on any atom is 0.0279 e. The average Bonchev–Trinajstić information content (AvgIpc) is 2.21. The molecule has 0 saturated carbocycles. The van der Waals surface area contributed by atoms with Crippen LogP contribution in [0.15, 0.2) is 12.2 Å². The Bertz CT molecular complexity index is 159. The van der Waals surface area contributed by atoms with E-state index in [9.17, 15) is 0 Å². The lowest BCUT2D eigenvalue weighted by atomic mass is 10.0. The SMILES string of the molecule is C1=CC(N2CCNCC2)CCC1. The van der Waals surface area contributed by atoms with Gasteiger partial charge in [0.15, 0.2) is 0 Å². The predicted molar refractivity (Wildman–Crippen MR) is 51.2 cm³/mol. The first-order chi connectivity index (χ1) is 5.97. The summed E-state index contributed by atoms with van der Waals surface area (Å²) in [5, 5.41) is 3.39. The summed E-state index contributed by atoms with van der Waals surface area (Å²) in [6, 6.07) is 0.751. The van der Waals surface area contributed by atoms with E-state index in [2.05, 4.69) is 22.4 Å². The molecule has 2 rings (SSSR count). The number of allylic oxidation sites excluding steroid dienone is 1. The number of piperazine rings is 1. The fraction of sp³-hybridized carbons (Fsp3) is 0.800. The Morgan fingerprint density at radius 1 is 1.25 bits per heavy atom. The highest BCUT2D eigenvalue weighted by Crippen LogP contribution is 2.16. The van der Waals surface area contributed by atoms with Crippen LogP contribution in [0.2, 0.25) is 0 Å². The predicted octanol–water partition coefficient (Wildman–Crippen LogP) is 1.00. The van der Waals surface area contributed by atoms with E-state index in [0.717, 1.165) is 6.04 Å². The van der Waals surface area contributed by atoms with E-state index in [4.69, 9.17) is 0 Å². The molecular weight excluding hydrogens is 148 g/mol. The first-order valence-electron chi connectivity index (χ1n) is 5.08. The molecule has 1 atom stereocenters. The fourth-order valence-corrected chi connectivity index (χ4v) is 2.11. The molecule has 1 aliphatic carbocycles. The molecule has 2 nitrogen and oxygen atoms in total. The van der Waals surface area contributed by atoms with E-state index in [0.29, 0.717) is 0 Å². The van der Waals surface area contributed by atoms with Gasteiger partial charge < -0.3 is 5.32 Å². The molecule has 0 spiro atoms. The van der Waals surface area contributed by atoms with E-state index in [1.165, 1.54) is 45.4 Å². The van der Waals surface area contributed by atoms with Crippen LogP contribution in [0.4, 0.5) is 0 Å². The highest BCUT2D eigenvalue weighted by atomic mass is 15.2. The smallest absolute Gasteiger partial charge is 0.0279 e. The van der Waals surface area contributed by atoms with Gasteiger partial charge in [0.05, 0.1) is 0 Å². The Kier molecular flexibility index (Phi) is 2.79. The maximum absolute atomic E-state index is 3.39. The number of nitrogens with one attached hydrogen (secondary N) is 1. The lowest BCUT2D eigenvalue weighted by Crippen LogP contribution is -2.48. The second kappa shape index (κ2) is 4.06. The van der Waals surface area contributed by atoms with Crippen LogP contribution in [0.1, 0.15) is 19.3 Å². The quantitative estimate of drug-likeness (QED) is 0.585. The Morgan fingerprint density at radius 3 is 2.75 bits per heavy atom. The fourth-order valence-electron chi connectivity index (χ4n) is 2.11. The van der Waals surface area contributed by atoms with E-state index >= 15 is 0 Å². The van der Waals surface area contributed by atoms with Crippen molar-refractivity contribution in [1.82, 2.24) is 10.2 Å². The van der Waals surface area contributed by atoms with Gasteiger partial charge >= 0.3 is 0 Å². The van der Waals surface area contributed by atoms with Crippen LogP contribution in [-0.2, 0) is 0 Å². The van der Waals surface area contributed by atoms with Gasteiger partial charge in [-0.2, -0.15) is 0 Å². The van der Waals surface area contributed by atoms with E-state index in [-0.39, 0.29) is 0 Å². The average molecular weight is 166 g/mol. The molecule has 0 radical (unpaired) electrons. The highest BCUT2D eigenvalue weighted by molar-refractivity contribution is 4.99. The van der Waals surface area contributed by atoms with Crippen molar-refractivity contribution in [2.24, 2.45) is 0 Å². The molecule has 0 amide bonds. The van der Waals surface area contributed by atoms with Gasteiger partial charge in [0.1, 0.15) is 0 Å². The monoisotopic (exact) mass is 166 g/mol. The van der Waals surface area contributed by atoms with Crippen LogP contribution in [0.3, 0.4) is 0 Å². The van der Waals surface area contributed by atoms with Gasteiger partial charge in [-0.1, -0.05) is 12.2 Å². The van der Waals surface area contributed by atoms with E-state index < -0.39 is 0 Å². The zero-order valence-corrected chi connectivity index (χ0v) is 7.63. The molecule has 1 heterocycles. The zero-order valence-electron chi connectivity index (χ0n) is 7.63. The van der Waals surface area contributed by atoms with E-state index in [1.54, 1.807) is 0 Å². The first-order valence-corrected chi connectivity index (χ1v) is 5.08. The Morgan fingerprint density at radius 2 is 2.08 bits per heavy atom. The summed E-state index contributed by atoms with van der Waals surface area (Å²) >= 11 is 0. The van der Waals surface area contributed by atoms with Gasteiger partial charge in [-0.15, -0.1) is 0 Å². The van der Waals surface area contributed by atoms with E-state index in [1.807, 2.05) is 0 Å². The highest BCUT2D eigenvalue weighted by Gasteiger charge is 2.18. The molecule has 1 aliphatic heterocycles. The maximum atomic E-state index is 3.39. The van der Waals surface area contributed by atoms with Crippen LogP contribution < -0.4 is 5.32 Å². The van der Waals surface area contributed by atoms with Crippen molar-refractivity contribution in [3.63, 3.8) is 0 Å². The number of rotatable bonds is 1. The van der Waals surface area contributed by atoms with Crippen molar-refractivity contribution in [3.05, 3.63) is 12.2 Å². The van der Waals surface area contributed by atoms with Crippen LogP contribution in [0, 0.1) is 0 Å². The Labute approximate surface area is 74.6 Å². The van der Waals surface area contributed by atoms with Gasteiger partial charge in [0.25, 0.3) is 0 Å². The second-order valence-electron chi connectivity index (χ2n) is 3.71. The topological polar surface area (TPSA) is 15.3 Å². The number of hydrogen-bond donors (Lipinski definition) is 1. The molecule has 0 bridgehead atoms. The molecule has 0 aromatic heterocycles. The summed E-state index contributed by atoms with van der Waals surface area (Å²) in [4.78, 5) is 2.60. The third-order valence-electron chi connectivity index (χ3n) is 2.85. The minimum absolute atomic E-state index is 0.751. The molecule has 1 N–H and O–H groups in total. The molecule has 1 unspecified atom stereocenters. The molecule has 12 heavy (non-hydrogen) atoms. The van der Waals surface area contributed by atoms with Gasteiger partial charge in [-0.25, -0.2) is 0 Å². The molecule has 1 fully saturated rings. The number of nitrogens with zero attached hydrogens (tertiary/aromatic N) is 1. The largest absolute Gasteiger partial charge is 0.314 e. The molecule has 2 aliphatic rings. The molecule has 68 valence electrons. The molecule has 0 aromatic carbocycles. The second-order valence-corrected chi connectivity index (χ2v) is 3.71. The summed E-state index contributed by atoms with van der Waals surface area (Å²) in [5.74, 6) is 0. The van der Waals surface area contributed by atoms with Crippen molar-refractivity contribution in [3.8, 4) is 0 Å². The van der Waals surface area contributed by atoms with Crippen molar-refractivity contribution in [1.29, 1.82) is 0 Å². The van der Waals surface area contributed by atoms with Crippen molar-refractivity contribution >= 4 is 0 Å². The zero-order chi connectivity index (χ0) is 8.23. The van der Waals surface area contributed by atoms with Gasteiger partial charge in [0.2, 0.25) is 0 Å². The van der Waals surface area contributed by atoms with Crippen LogP contribution in [0.25, 0.3) is 0 Å². The van der Waals surface area contributed by atoms with Crippen LogP contribution in [-0.4, -0.2) is 37.1 Å². The van der Waals surface area contributed by atoms with Gasteiger partial charge in [-0.05, 0) is 19.3 Å². The van der Waals surface area contributed by atoms with Crippen LogP contribution >= 0.6 is 0 Å². The van der Waals surface area contributed by atoms with Gasteiger partial charge in [-0.3, -0.25) is 4.90 Å². The minimum Gasteiger partial charge on any atom is -0.314 e. The van der Waals surface area contributed by atoms with Crippen LogP contribution in [0.5, 0.6) is 0 Å². The summed E-state index contributed by atoms with van der Waals surface area (Å²) in [5.41, 5.74) is 0. The van der Waals surface area contributed by atoms with Crippen molar-refractivity contribution in [2.45, 2.75) is 25.3 Å². The molecule has 0 aromatic rings. The Balaban J connectivity index is 1.88. The van der Waals surface area contributed by atoms with Crippen molar-refractivity contribution in [2.75, 3.05) is 26.2 Å². The van der Waals surface area contributed by atoms with Gasteiger partial charge in [0, 0.05) is 32.2 Å². The summed E-state index contributed by atoms with van der Waals surface area (Å²) in [6.07, 6.45) is 8.79. The normalized spacial score (nSPS) is 32.2. The number of hydrogen-bond acceptors (Lipinski definition) is 2. The molecular formula is C10H18N2. The summed E-state index contributed by atoms with van der Waals surface area (Å²) in [7, 11) is 0. The summed E-state index contributed by atoms with van der Waals surface area (Å²) < 4.78 is 0. The van der Waals surface area contributed by atoms with Crippen molar-refractivity contribution < 1.29 is 0 Å². The Hall–Kier alpha value is -0.340. The third kappa shape index (κ3) is 1.87. The first kappa shape index (κ1) is 8.27. The summed E-state index contributed by atoms with van der Waals surface area (Å²) in [6.45, 7) is 4.80. The molecule has 1 saturated heterocycles. The lowest BCUT2D eigenvalue weighted by molar-refractivity contribution is 0.189.